The number of aromatic nitrogens is 1. The summed E-state index contributed by atoms with van der Waals surface area (Å²) in [5.41, 5.74) is 1.94. The van der Waals surface area contributed by atoms with E-state index in [2.05, 4.69) is 10.3 Å². The van der Waals surface area contributed by atoms with E-state index in [0.29, 0.717) is 39.3 Å². The minimum absolute atomic E-state index is 0.106. The van der Waals surface area contributed by atoms with Gasteiger partial charge in [0.05, 0.1) is 24.1 Å². The van der Waals surface area contributed by atoms with Crippen molar-refractivity contribution in [2.45, 2.75) is 12.7 Å². The number of furan rings is 1. The summed E-state index contributed by atoms with van der Waals surface area (Å²) in [6, 6.07) is 12.3. The lowest BCUT2D eigenvalue weighted by atomic mass is 10.2. The fourth-order valence-corrected chi connectivity index (χ4v) is 3.44. The van der Waals surface area contributed by atoms with E-state index in [0.717, 1.165) is 0 Å². The lowest BCUT2D eigenvalue weighted by Crippen LogP contribution is -2.32. The molecule has 1 atom stereocenters. The Bertz CT molecular complexity index is 908. The number of benzene rings is 1. The molecule has 1 aromatic carbocycles. The maximum atomic E-state index is 12.8. The van der Waals surface area contributed by atoms with Gasteiger partial charge in [0.1, 0.15) is 11.9 Å². The first-order valence-corrected chi connectivity index (χ1v) is 8.38. The first-order valence-electron chi connectivity index (χ1n) is 7.63. The highest BCUT2D eigenvalue weighted by Crippen LogP contribution is 2.35. The zero-order valence-electron chi connectivity index (χ0n) is 12.9. The van der Waals surface area contributed by atoms with E-state index in [9.17, 15) is 4.79 Å². The van der Waals surface area contributed by atoms with Crippen LogP contribution in [-0.4, -0.2) is 15.8 Å². The number of nitrogens with zero attached hydrogens (tertiary/aromatic N) is 2. The van der Waals surface area contributed by atoms with E-state index in [4.69, 9.17) is 27.6 Å². The lowest BCUT2D eigenvalue weighted by molar-refractivity contribution is 0.0714. The molecule has 0 bridgehead atoms. The van der Waals surface area contributed by atoms with Crippen LogP contribution in [0.15, 0.2) is 59.3 Å². The third-order valence-electron chi connectivity index (χ3n) is 3.97. The minimum Gasteiger partial charge on any atom is -0.467 e. The van der Waals surface area contributed by atoms with Crippen molar-refractivity contribution >= 4 is 34.8 Å². The summed E-state index contributed by atoms with van der Waals surface area (Å²) in [6.07, 6.45) is 2.81. The summed E-state index contributed by atoms with van der Waals surface area (Å²) >= 11 is 12.2. The molecule has 0 aliphatic carbocycles. The molecule has 5 nitrogen and oxygen atoms in total. The van der Waals surface area contributed by atoms with Crippen LogP contribution < -0.4 is 5.32 Å². The number of amides is 1. The van der Waals surface area contributed by atoms with E-state index in [1.807, 2.05) is 6.07 Å². The van der Waals surface area contributed by atoms with Gasteiger partial charge in [0.15, 0.2) is 0 Å². The van der Waals surface area contributed by atoms with Gasteiger partial charge in [-0.1, -0.05) is 23.2 Å². The smallest absolute Gasteiger partial charge is 0.258 e. The highest BCUT2D eigenvalue weighted by molar-refractivity contribution is 6.35. The first kappa shape index (κ1) is 16.0. The molecule has 0 saturated heterocycles. The summed E-state index contributed by atoms with van der Waals surface area (Å²) in [5, 5.41) is 4.33. The van der Waals surface area contributed by atoms with Gasteiger partial charge < -0.3 is 14.6 Å². The van der Waals surface area contributed by atoms with Gasteiger partial charge in [0.25, 0.3) is 5.91 Å². The Hall–Kier alpha value is -2.50. The van der Waals surface area contributed by atoms with Gasteiger partial charge >= 0.3 is 0 Å². The van der Waals surface area contributed by atoms with Crippen molar-refractivity contribution in [3.63, 3.8) is 0 Å². The molecule has 7 heteroatoms. The van der Waals surface area contributed by atoms with Crippen LogP contribution in [0.1, 0.15) is 28.0 Å². The van der Waals surface area contributed by atoms with Crippen molar-refractivity contribution < 1.29 is 9.21 Å². The van der Waals surface area contributed by atoms with Crippen LogP contribution in [0.3, 0.4) is 0 Å². The summed E-state index contributed by atoms with van der Waals surface area (Å²) in [6.45, 7) is 0.328. The number of pyridine rings is 1. The van der Waals surface area contributed by atoms with E-state index in [1.54, 1.807) is 53.8 Å². The lowest BCUT2D eigenvalue weighted by Gasteiger charge is -2.25. The van der Waals surface area contributed by atoms with Crippen LogP contribution in [0.5, 0.6) is 0 Å². The normalized spacial score (nSPS) is 16.2. The molecule has 0 spiro atoms. The zero-order valence-corrected chi connectivity index (χ0v) is 14.5. The van der Waals surface area contributed by atoms with Gasteiger partial charge in [0.2, 0.25) is 0 Å². The molecule has 0 fully saturated rings. The van der Waals surface area contributed by atoms with Crippen molar-refractivity contribution in [3.8, 4) is 0 Å². The van der Waals surface area contributed by atoms with E-state index in [1.165, 1.54) is 0 Å². The quantitative estimate of drug-likeness (QED) is 0.716. The van der Waals surface area contributed by atoms with Gasteiger partial charge in [-0.25, -0.2) is 0 Å². The summed E-state index contributed by atoms with van der Waals surface area (Å²) in [7, 11) is 0. The highest BCUT2D eigenvalue weighted by Gasteiger charge is 2.38. The molecule has 1 aliphatic rings. The summed E-state index contributed by atoms with van der Waals surface area (Å²) < 4.78 is 5.40. The number of anilines is 1. The molecule has 126 valence electrons. The maximum Gasteiger partial charge on any atom is 0.258 e. The number of carbonyl (C=O) groups excluding carboxylic acids is 1. The standard InChI is InChI=1S/C18H13Cl2N3O2/c19-11-7-12(20)9-13(8-11)22-17-16-15(4-1-5-21-16)18(24)23(17)10-14-3-2-6-25-14/h1-9,17,22H,10H2. The highest BCUT2D eigenvalue weighted by atomic mass is 35.5. The van der Waals surface area contributed by atoms with Gasteiger partial charge in [-0.3, -0.25) is 9.78 Å². The van der Waals surface area contributed by atoms with Crippen LogP contribution >= 0.6 is 23.2 Å². The number of rotatable bonds is 4. The molecular weight excluding hydrogens is 361 g/mol. The number of hydrogen-bond donors (Lipinski definition) is 1. The third-order valence-corrected chi connectivity index (χ3v) is 4.41. The predicted octanol–water partition coefficient (Wildman–Crippen LogP) is 4.75. The fourth-order valence-electron chi connectivity index (χ4n) is 2.91. The van der Waals surface area contributed by atoms with Crippen LogP contribution in [0.4, 0.5) is 5.69 Å². The SMILES string of the molecule is O=C1c2cccnc2C(Nc2cc(Cl)cc(Cl)c2)N1Cc1ccco1. The Morgan fingerprint density at radius 1 is 1.16 bits per heavy atom. The average molecular weight is 374 g/mol. The van der Waals surface area contributed by atoms with Crippen molar-refractivity contribution in [1.82, 2.24) is 9.88 Å². The number of nitrogens with one attached hydrogen (secondary N) is 1. The van der Waals surface area contributed by atoms with Gasteiger partial charge in [-0.05, 0) is 42.5 Å². The second-order valence-corrected chi connectivity index (χ2v) is 6.53. The van der Waals surface area contributed by atoms with E-state index >= 15 is 0 Å². The molecule has 0 radical (unpaired) electrons. The first-order chi connectivity index (χ1) is 12.1. The second-order valence-electron chi connectivity index (χ2n) is 5.65. The monoisotopic (exact) mass is 373 g/mol. The topological polar surface area (TPSA) is 58.4 Å². The Kier molecular flexibility index (Phi) is 4.11. The number of fused-ring (bicyclic) bond motifs is 1. The number of carbonyl (C=O) groups is 1. The van der Waals surface area contributed by atoms with E-state index < -0.39 is 6.17 Å². The zero-order chi connectivity index (χ0) is 17.4. The van der Waals surface area contributed by atoms with Crippen molar-refractivity contribution in [1.29, 1.82) is 0 Å². The predicted molar refractivity (Wildman–Crippen MR) is 95.6 cm³/mol. The Balaban J connectivity index is 1.71. The largest absolute Gasteiger partial charge is 0.467 e. The summed E-state index contributed by atoms with van der Waals surface area (Å²) in [5.74, 6) is 0.585. The van der Waals surface area contributed by atoms with Gasteiger partial charge in [-0.15, -0.1) is 0 Å². The van der Waals surface area contributed by atoms with Crippen LogP contribution in [0, 0.1) is 0 Å². The molecule has 25 heavy (non-hydrogen) atoms. The fraction of sp³-hybridized carbons (Fsp3) is 0.111. The number of hydrogen-bond acceptors (Lipinski definition) is 4. The van der Waals surface area contributed by atoms with Crippen LogP contribution in [0.2, 0.25) is 10.0 Å². The van der Waals surface area contributed by atoms with Crippen molar-refractivity contribution in [3.05, 3.63) is 82.0 Å². The molecule has 2 aromatic heterocycles. The van der Waals surface area contributed by atoms with Crippen molar-refractivity contribution in [2.24, 2.45) is 0 Å². The molecule has 3 aromatic rings. The molecule has 4 rings (SSSR count). The second kappa shape index (κ2) is 6.43. The molecule has 1 N–H and O–H groups in total. The molecule has 1 amide bonds. The Morgan fingerprint density at radius 3 is 2.68 bits per heavy atom. The molecule has 0 saturated carbocycles. The van der Waals surface area contributed by atoms with Crippen molar-refractivity contribution in [2.75, 3.05) is 5.32 Å². The third kappa shape index (κ3) is 3.08. The Labute approximate surface area is 154 Å². The molecular formula is C18H13Cl2N3O2. The van der Waals surface area contributed by atoms with Gasteiger partial charge in [-0.2, -0.15) is 0 Å². The van der Waals surface area contributed by atoms with Crippen LogP contribution in [0.25, 0.3) is 0 Å². The van der Waals surface area contributed by atoms with Crippen LogP contribution in [-0.2, 0) is 6.54 Å². The minimum atomic E-state index is -0.441. The Morgan fingerprint density at radius 2 is 1.96 bits per heavy atom. The van der Waals surface area contributed by atoms with E-state index in [-0.39, 0.29) is 5.91 Å². The summed E-state index contributed by atoms with van der Waals surface area (Å²) in [4.78, 5) is 18.9. The maximum absolute atomic E-state index is 12.8. The number of halogens is 2. The average Bonchev–Trinajstić information content (AvgIpc) is 3.17. The molecule has 3 heterocycles. The molecule has 1 unspecified atom stereocenters. The molecule has 1 aliphatic heterocycles. The van der Waals surface area contributed by atoms with Gasteiger partial charge in [0, 0.05) is 21.9 Å².